The van der Waals surface area contributed by atoms with Gasteiger partial charge >= 0.3 is 0 Å². The van der Waals surface area contributed by atoms with Crippen molar-refractivity contribution in [3.05, 3.63) is 71.0 Å². The van der Waals surface area contributed by atoms with Crippen LogP contribution in [0.3, 0.4) is 0 Å². The SMILES string of the molecule is Cc1cccc(NC(=O)[C@H]2Sc3nnc(C)n3N[C@@H]2c2ccccc2)c1C. The van der Waals surface area contributed by atoms with Gasteiger partial charge in [0.25, 0.3) is 0 Å². The van der Waals surface area contributed by atoms with E-state index in [1.165, 1.54) is 11.8 Å². The van der Waals surface area contributed by atoms with Gasteiger partial charge in [0.05, 0.1) is 6.04 Å². The van der Waals surface area contributed by atoms with Crippen molar-refractivity contribution in [2.75, 3.05) is 10.7 Å². The van der Waals surface area contributed by atoms with Crippen LogP contribution < -0.4 is 10.7 Å². The number of carbonyl (C=O) groups excluding carboxylic acids is 1. The van der Waals surface area contributed by atoms with E-state index in [-0.39, 0.29) is 17.2 Å². The lowest BCUT2D eigenvalue weighted by atomic mass is 10.0. The van der Waals surface area contributed by atoms with E-state index < -0.39 is 0 Å². The van der Waals surface area contributed by atoms with Gasteiger partial charge in [-0.2, -0.15) is 0 Å². The number of nitrogens with one attached hydrogen (secondary N) is 2. The number of benzene rings is 2. The maximum absolute atomic E-state index is 13.2. The molecule has 0 spiro atoms. The zero-order valence-corrected chi connectivity index (χ0v) is 16.2. The van der Waals surface area contributed by atoms with Crippen molar-refractivity contribution in [3.63, 3.8) is 0 Å². The summed E-state index contributed by atoms with van der Waals surface area (Å²) in [5.41, 5.74) is 7.53. The monoisotopic (exact) mass is 379 g/mol. The van der Waals surface area contributed by atoms with Crippen molar-refractivity contribution in [1.82, 2.24) is 14.9 Å². The highest BCUT2D eigenvalue weighted by Crippen LogP contribution is 2.37. The number of fused-ring (bicyclic) bond motifs is 1. The molecule has 138 valence electrons. The molecule has 6 nitrogen and oxygen atoms in total. The van der Waals surface area contributed by atoms with Gasteiger partial charge < -0.3 is 10.7 Å². The maximum atomic E-state index is 13.2. The molecule has 27 heavy (non-hydrogen) atoms. The Hall–Kier alpha value is -2.80. The molecule has 0 aliphatic carbocycles. The molecule has 2 N–H and O–H groups in total. The molecular weight excluding hydrogens is 358 g/mol. The third kappa shape index (κ3) is 3.30. The van der Waals surface area contributed by atoms with E-state index in [1.54, 1.807) is 0 Å². The summed E-state index contributed by atoms with van der Waals surface area (Å²) in [6, 6.07) is 15.7. The van der Waals surface area contributed by atoms with Gasteiger partial charge in [-0.15, -0.1) is 10.2 Å². The van der Waals surface area contributed by atoms with E-state index in [0.29, 0.717) is 5.16 Å². The Morgan fingerprint density at radius 1 is 1.07 bits per heavy atom. The van der Waals surface area contributed by atoms with Gasteiger partial charge in [-0.05, 0) is 43.5 Å². The molecule has 0 saturated carbocycles. The van der Waals surface area contributed by atoms with Crippen molar-refractivity contribution >= 4 is 23.4 Å². The summed E-state index contributed by atoms with van der Waals surface area (Å²) in [5.74, 6) is 0.716. The Bertz CT molecular complexity index is 985. The van der Waals surface area contributed by atoms with E-state index in [4.69, 9.17) is 0 Å². The quantitative estimate of drug-likeness (QED) is 0.727. The second-order valence-electron chi connectivity index (χ2n) is 6.66. The summed E-state index contributed by atoms with van der Waals surface area (Å²) < 4.78 is 1.85. The molecule has 0 bridgehead atoms. The first kappa shape index (κ1) is 17.6. The Morgan fingerprint density at radius 2 is 1.85 bits per heavy atom. The molecule has 2 heterocycles. The summed E-state index contributed by atoms with van der Waals surface area (Å²) in [6.07, 6.45) is 0. The summed E-state index contributed by atoms with van der Waals surface area (Å²) in [7, 11) is 0. The number of hydrogen-bond acceptors (Lipinski definition) is 5. The topological polar surface area (TPSA) is 71.8 Å². The van der Waals surface area contributed by atoms with E-state index >= 15 is 0 Å². The Morgan fingerprint density at radius 3 is 2.63 bits per heavy atom. The lowest BCUT2D eigenvalue weighted by molar-refractivity contribution is -0.116. The standard InChI is InChI=1S/C20H21N5OS/c1-12-8-7-11-16(13(12)2)21-19(26)18-17(15-9-5-4-6-10-15)24-25-14(3)22-23-20(25)27-18/h4-11,17-18,24H,1-3H3,(H,21,26)/t17-,18+/m1/s1. The van der Waals surface area contributed by atoms with Crippen LogP contribution in [0.15, 0.2) is 53.7 Å². The Balaban J connectivity index is 1.67. The average Bonchev–Trinajstić information content (AvgIpc) is 3.05. The molecule has 1 amide bonds. The number of anilines is 1. The molecule has 0 saturated heterocycles. The molecule has 0 radical (unpaired) electrons. The van der Waals surface area contributed by atoms with Crippen molar-refractivity contribution in [3.8, 4) is 0 Å². The zero-order chi connectivity index (χ0) is 19.0. The number of rotatable bonds is 3. The molecule has 4 rings (SSSR count). The van der Waals surface area contributed by atoms with Gasteiger partial charge in [0.2, 0.25) is 11.1 Å². The Labute approximate surface area is 162 Å². The minimum atomic E-state index is -0.372. The van der Waals surface area contributed by atoms with E-state index in [0.717, 1.165) is 28.2 Å². The number of carbonyl (C=O) groups is 1. The number of nitrogens with zero attached hydrogens (tertiary/aromatic N) is 3. The molecular formula is C20H21N5OS. The first-order valence-electron chi connectivity index (χ1n) is 8.82. The molecule has 2 aromatic carbocycles. The molecule has 2 atom stereocenters. The average molecular weight is 379 g/mol. The van der Waals surface area contributed by atoms with Crippen LogP contribution in [-0.4, -0.2) is 26.0 Å². The van der Waals surface area contributed by atoms with Gasteiger partial charge in [-0.1, -0.05) is 54.2 Å². The summed E-state index contributed by atoms with van der Waals surface area (Å²) in [5, 5.41) is 11.7. The van der Waals surface area contributed by atoms with Gasteiger partial charge in [-0.25, -0.2) is 4.68 Å². The van der Waals surface area contributed by atoms with Crippen molar-refractivity contribution in [2.24, 2.45) is 0 Å². The third-order valence-corrected chi connectivity index (χ3v) is 6.09. The molecule has 7 heteroatoms. The number of thioether (sulfide) groups is 1. The van der Waals surface area contributed by atoms with Crippen LogP contribution in [0, 0.1) is 20.8 Å². The van der Waals surface area contributed by atoms with Crippen LogP contribution in [0.5, 0.6) is 0 Å². The maximum Gasteiger partial charge on any atom is 0.240 e. The van der Waals surface area contributed by atoms with Gasteiger partial charge in [0.1, 0.15) is 11.1 Å². The predicted molar refractivity (Wildman–Crippen MR) is 107 cm³/mol. The number of aromatic nitrogens is 3. The van der Waals surface area contributed by atoms with Crippen molar-refractivity contribution in [1.29, 1.82) is 0 Å². The van der Waals surface area contributed by atoms with E-state index in [2.05, 4.69) is 20.9 Å². The zero-order valence-electron chi connectivity index (χ0n) is 15.4. The predicted octanol–water partition coefficient (Wildman–Crippen LogP) is 3.60. The van der Waals surface area contributed by atoms with E-state index in [1.807, 2.05) is 74.0 Å². The van der Waals surface area contributed by atoms with Crippen LogP contribution in [0.1, 0.15) is 28.6 Å². The van der Waals surface area contributed by atoms with Gasteiger partial charge in [0.15, 0.2) is 0 Å². The fourth-order valence-corrected chi connectivity index (χ4v) is 4.29. The summed E-state index contributed by atoms with van der Waals surface area (Å²) >= 11 is 1.43. The molecule has 1 aromatic heterocycles. The third-order valence-electron chi connectivity index (χ3n) is 4.88. The van der Waals surface area contributed by atoms with Crippen LogP contribution in [0.2, 0.25) is 0 Å². The normalized spacial score (nSPS) is 18.5. The number of hydrogen-bond donors (Lipinski definition) is 2. The lowest BCUT2D eigenvalue weighted by Gasteiger charge is -2.32. The first-order chi connectivity index (χ1) is 13.0. The van der Waals surface area contributed by atoms with Crippen LogP contribution in [0.25, 0.3) is 0 Å². The van der Waals surface area contributed by atoms with Crippen LogP contribution in [0.4, 0.5) is 5.69 Å². The summed E-state index contributed by atoms with van der Waals surface area (Å²) in [6.45, 7) is 5.95. The van der Waals surface area contributed by atoms with Gasteiger partial charge in [-0.3, -0.25) is 4.79 Å². The van der Waals surface area contributed by atoms with E-state index in [9.17, 15) is 4.79 Å². The highest BCUT2D eigenvalue weighted by Gasteiger charge is 2.37. The second kappa shape index (κ2) is 7.08. The van der Waals surface area contributed by atoms with Crippen molar-refractivity contribution in [2.45, 2.75) is 37.2 Å². The fourth-order valence-electron chi connectivity index (χ4n) is 3.16. The minimum absolute atomic E-state index is 0.0537. The van der Waals surface area contributed by atoms with Crippen LogP contribution >= 0.6 is 11.8 Å². The summed E-state index contributed by atoms with van der Waals surface area (Å²) in [4.78, 5) is 13.2. The molecule has 0 fully saturated rings. The number of amides is 1. The lowest BCUT2D eigenvalue weighted by Crippen LogP contribution is -2.41. The largest absolute Gasteiger partial charge is 0.325 e. The second-order valence-corrected chi connectivity index (χ2v) is 7.77. The highest BCUT2D eigenvalue weighted by molar-refractivity contribution is 8.00. The highest BCUT2D eigenvalue weighted by atomic mass is 32.2. The molecule has 0 unspecified atom stereocenters. The van der Waals surface area contributed by atoms with Gasteiger partial charge in [0, 0.05) is 5.69 Å². The minimum Gasteiger partial charge on any atom is -0.325 e. The first-order valence-corrected chi connectivity index (χ1v) is 9.70. The molecule has 3 aromatic rings. The molecule has 1 aliphatic heterocycles. The number of aryl methyl sites for hydroxylation is 2. The van der Waals surface area contributed by atoms with Crippen molar-refractivity contribution < 1.29 is 4.79 Å². The molecule has 1 aliphatic rings. The smallest absolute Gasteiger partial charge is 0.240 e. The van der Waals surface area contributed by atoms with Crippen LogP contribution in [-0.2, 0) is 4.79 Å². The Kier molecular flexibility index (Phi) is 4.61. The fraction of sp³-hybridized carbons (Fsp3) is 0.250.